The SMILES string of the molecule is O=C(Nc1ccc2sc(NS(=O)(=O)c3ccccc3)nc2c1)Nc1ccccc1F. The summed E-state index contributed by atoms with van der Waals surface area (Å²) in [6.45, 7) is 0. The van der Waals surface area contributed by atoms with E-state index in [0.717, 1.165) is 4.70 Å². The minimum absolute atomic E-state index is 0.0577. The van der Waals surface area contributed by atoms with Gasteiger partial charge in [0.2, 0.25) is 0 Å². The molecule has 0 fully saturated rings. The number of benzene rings is 3. The Kier molecular flexibility index (Phi) is 5.34. The molecule has 1 aromatic heterocycles. The molecule has 0 spiro atoms. The molecule has 1 heterocycles. The summed E-state index contributed by atoms with van der Waals surface area (Å²) in [6.07, 6.45) is 0. The smallest absolute Gasteiger partial charge is 0.308 e. The molecule has 0 saturated heterocycles. The number of para-hydroxylation sites is 1. The van der Waals surface area contributed by atoms with Crippen LogP contribution in [0.5, 0.6) is 0 Å². The Balaban J connectivity index is 1.50. The van der Waals surface area contributed by atoms with E-state index in [1.807, 2.05) is 0 Å². The van der Waals surface area contributed by atoms with Crippen molar-refractivity contribution >= 4 is 54.1 Å². The molecule has 0 unspecified atom stereocenters. The Bertz CT molecular complexity index is 1320. The fraction of sp³-hybridized carbons (Fsp3) is 0. The third-order valence-corrected chi connectivity index (χ3v) is 6.48. The Morgan fingerprint density at radius 2 is 1.67 bits per heavy atom. The van der Waals surface area contributed by atoms with E-state index in [0.29, 0.717) is 11.2 Å². The number of thiazole rings is 1. The number of anilines is 3. The zero-order chi connectivity index (χ0) is 21.1. The van der Waals surface area contributed by atoms with Crippen molar-refractivity contribution in [3.63, 3.8) is 0 Å². The number of hydrogen-bond donors (Lipinski definition) is 3. The van der Waals surface area contributed by atoms with Crippen LogP contribution >= 0.6 is 11.3 Å². The molecule has 0 aliphatic carbocycles. The normalized spacial score (nSPS) is 11.2. The molecular formula is C20H15FN4O3S2. The molecule has 0 atom stereocenters. The highest BCUT2D eigenvalue weighted by Gasteiger charge is 2.16. The second-order valence-electron chi connectivity index (χ2n) is 6.18. The molecule has 0 saturated carbocycles. The first kappa shape index (κ1) is 19.8. The monoisotopic (exact) mass is 442 g/mol. The van der Waals surface area contributed by atoms with E-state index in [-0.39, 0.29) is 15.7 Å². The lowest BCUT2D eigenvalue weighted by Crippen LogP contribution is -2.20. The van der Waals surface area contributed by atoms with Crippen molar-refractivity contribution in [1.82, 2.24) is 4.98 Å². The van der Waals surface area contributed by atoms with E-state index in [9.17, 15) is 17.6 Å². The number of urea groups is 1. The molecule has 4 rings (SSSR count). The molecule has 0 aliphatic heterocycles. The minimum Gasteiger partial charge on any atom is -0.308 e. The summed E-state index contributed by atoms with van der Waals surface area (Å²) in [4.78, 5) is 16.5. The molecule has 3 N–H and O–H groups in total. The number of fused-ring (bicyclic) bond motifs is 1. The van der Waals surface area contributed by atoms with Gasteiger partial charge in [0.15, 0.2) is 5.13 Å². The highest BCUT2D eigenvalue weighted by atomic mass is 32.2. The van der Waals surface area contributed by atoms with Gasteiger partial charge in [-0.05, 0) is 42.5 Å². The van der Waals surface area contributed by atoms with E-state index in [4.69, 9.17) is 0 Å². The van der Waals surface area contributed by atoms with Crippen molar-refractivity contribution in [2.24, 2.45) is 0 Å². The summed E-state index contributed by atoms with van der Waals surface area (Å²) in [5.74, 6) is -0.544. The fourth-order valence-corrected chi connectivity index (χ4v) is 4.77. The van der Waals surface area contributed by atoms with E-state index in [2.05, 4.69) is 20.3 Å². The summed E-state index contributed by atoms with van der Waals surface area (Å²) in [7, 11) is -3.75. The van der Waals surface area contributed by atoms with Gasteiger partial charge in [0.25, 0.3) is 10.0 Å². The van der Waals surface area contributed by atoms with Gasteiger partial charge in [0, 0.05) is 5.69 Å². The van der Waals surface area contributed by atoms with Crippen molar-refractivity contribution in [3.05, 3.63) is 78.6 Å². The van der Waals surface area contributed by atoms with Crippen molar-refractivity contribution in [2.75, 3.05) is 15.4 Å². The maximum absolute atomic E-state index is 13.7. The van der Waals surface area contributed by atoms with Crippen LogP contribution in [0.4, 0.5) is 25.7 Å². The van der Waals surface area contributed by atoms with E-state index in [1.165, 1.54) is 41.7 Å². The second kappa shape index (κ2) is 8.09. The van der Waals surface area contributed by atoms with Gasteiger partial charge in [0.1, 0.15) is 5.82 Å². The van der Waals surface area contributed by atoms with Crippen molar-refractivity contribution in [3.8, 4) is 0 Å². The quantitative estimate of drug-likeness (QED) is 0.410. The van der Waals surface area contributed by atoms with Crippen LogP contribution in [-0.2, 0) is 10.0 Å². The van der Waals surface area contributed by atoms with Gasteiger partial charge in [-0.25, -0.2) is 22.6 Å². The van der Waals surface area contributed by atoms with Crippen LogP contribution in [0.15, 0.2) is 77.7 Å². The maximum atomic E-state index is 13.7. The van der Waals surface area contributed by atoms with Crippen LogP contribution < -0.4 is 15.4 Å². The summed E-state index contributed by atoms with van der Waals surface area (Å²) in [5, 5.41) is 5.24. The predicted molar refractivity (Wildman–Crippen MR) is 116 cm³/mol. The zero-order valence-electron chi connectivity index (χ0n) is 15.3. The second-order valence-corrected chi connectivity index (χ2v) is 8.89. The van der Waals surface area contributed by atoms with Crippen molar-refractivity contribution in [1.29, 1.82) is 0 Å². The average molecular weight is 442 g/mol. The first-order valence-electron chi connectivity index (χ1n) is 8.72. The van der Waals surface area contributed by atoms with E-state index >= 15 is 0 Å². The van der Waals surface area contributed by atoms with E-state index < -0.39 is 21.9 Å². The van der Waals surface area contributed by atoms with Gasteiger partial charge >= 0.3 is 6.03 Å². The Hall–Kier alpha value is -3.50. The lowest BCUT2D eigenvalue weighted by Gasteiger charge is -2.08. The molecule has 7 nitrogen and oxygen atoms in total. The Morgan fingerprint density at radius 3 is 2.43 bits per heavy atom. The largest absolute Gasteiger partial charge is 0.323 e. The number of halogens is 1. The van der Waals surface area contributed by atoms with Crippen molar-refractivity contribution in [2.45, 2.75) is 4.90 Å². The van der Waals surface area contributed by atoms with Crippen LogP contribution in [-0.4, -0.2) is 19.4 Å². The lowest BCUT2D eigenvalue weighted by atomic mass is 10.3. The molecule has 4 aromatic rings. The number of nitrogens with zero attached hydrogens (tertiary/aromatic N) is 1. The van der Waals surface area contributed by atoms with Crippen LogP contribution in [0, 0.1) is 5.82 Å². The van der Waals surface area contributed by atoms with Gasteiger partial charge in [-0.3, -0.25) is 4.72 Å². The molecular weight excluding hydrogens is 427 g/mol. The van der Waals surface area contributed by atoms with Gasteiger partial charge in [0.05, 0.1) is 20.8 Å². The number of amides is 2. The molecule has 3 aromatic carbocycles. The summed E-state index contributed by atoms with van der Waals surface area (Å²) in [5.41, 5.74) is 0.996. The van der Waals surface area contributed by atoms with Crippen molar-refractivity contribution < 1.29 is 17.6 Å². The van der Waals surface area contributed by atoms with Gasteiger partial charge in [-0.1, -0.05) is 41.7 Å². The topological polar surface area (TPSA) is 100 Å². The number of carbonyl (C=O) groups excluding carboxylic acids is 1. The minimum atomic E-state index is -3.75. The fourth-order valence-electron chi connectivity index (χ4n) is 2.67. The van der Waals surface area contributed by atoms with Gasteiger partial charge in [-0.2, -0.15) is 0 Å². The zero-order valence-corrected chi connectivity index (χ0v) is 16.9. The number of nitrogens with one attached hydrogen (secondary N) is 3. The first-order valence-corrected chi connectivity index (χ1v) is 11.0. The van der Waals surface area contributed by atoms with Crippen LogP contribution in [0.25, 0.3) is 10.2 Å². The lowest BCUT2D eigenvalue weighted by molar-refractivity contribution is 0.262. The highest BCUT2D eigenvalue weighted by Crippen LogP contribution is 2.29. The van der Waals surface area contributed by atoms with Crippen LogP contribution in [0.2, 0.25) is 0 Å². The molecule has 0 bridgehead atoms. The number of carbonyl (C=O) groups is 1. The highest BCUT2D eigenvalue weighted by molar-refractivity contribution is 7.93. The molecule has 10 heteroatoms. The Labute approximate surface area is 175 Å². The molecule has 152 valence electrons. The molecule has 30 heavy (non-hydrogen) atoms. The number of sulfonamides is 1. The average Bonchev–Trinajstić information content (AvgIpc) is 3.11. The summed E-state index contributed by atoms with van der Waals surface area (Å²) >= 11 is 1.17. The maximum Gasteiger partial charge on any atom is 0.323 e. The predicted octanol–water partition coefficient (Wildman–Crippen LogP) is 4.88. The third kappa shape index (κ3) is 4.39. The van der Waals surface area contributed by atoms with E-state index in [1.54, 1.807) is 42.5 Å². The van der Waals surface area contributed by atoms with Crippen LogP contribution in [0.1, 0.15) is 0 Å². The molecule has 0 aliphatic rings. The van der Waals surface area contributed by atoms with Crippen LogP contribution in [0.3, 0.4) is 0 Å². The van der Waals surface area contributed by atoms with Gasteiger partial charge in [-0.15, -0.1) is 0 Å². The number of hydrogen-bond acceptors (Lipinski definition) is 5. The summed E-state index contributed by atoms with van der Waals surface area (Å²) in [6, 6.07) is 18.2. The Morgan fingerprint density at radius 1 is 0.933 bits per heavy atom. The third-order valence-electron chi connectivity index (χ3n) is 4.04. The number of rotatable bonds is 5. The summed E-state index contributed by atoms with van der Waals surface area (Å²) < 4.78 is 41.8. The molecule has 2 amide bonds. The molecule has 0 radical (unpaired) electrons. The standard InChI is InChI=1S/C20H15FN4O3S2/c21-15-8-4-5-9-16(15)23-19(26)22-13-10-11-18-17(12-13)24-20(29-18)25-30(27,28)14-6-2-1-3-7-14/h1-12H,(H,24,25)(H2,22,23,26). The first-order chi connectivity index (χ1) is 14.4. The number of aromatic nitrogens is 1. The van der Waals surface area contributed by atoms with Gasteiger partial charge < -0.3 is 10.6 Å².